The fourth-order valence-electron chi connectivity index (χ4n) is 2.48. The summed E-state index contributed by atoms with van der Waals surface area (Å²) < 4.78 is 40.0. The van der Waals surface area contributed by atoms with Crippen molar-refractivity contribution in [2.75, 3.05) is 5.32 Å². The number of hydrogen-bond donors (Lipinski definition) is 1. The molecule has 96 valence electrons. The van der Waals surface area contributed by atoms with Gasteiger partial charge in [-0.1, -0.05) is 0 Å². The maximum atomic E-state index is 13.0. The molecule has 1 fully saturated rings. The van der Waals surface area contributed by atoms with Crippen LogP contribution in [0.1, 0.15) is 30.9 Å². The molecular formula is C11H11F3N4. The Morgan fingerprint density at radius 2 is 2.17 bits per heavy atom. The molecule has 18 heavy (non-hydrogen) atoms. The van der Waals surface area contributed by atoms with Crippen LogP contribution in [0.5, 0.6) is 0 Å². The molecule has 2 atom stereocenters. The van der Waals surface area contributed by atoms with E-state index in [1.807, 2.05) is 6.07 Å². The predicted molar refractivity (Wildman–Crippen MR) is 56.8 cm³/mol. The summed E-state index contributed by atoms with van der Waals surface area (Å²) in [6, 6.07) is 0.0492. The summed E-state index contributed by atoms with van der Waals surface area (Å²) in [5, 5.41) is 15.6. The van der Waals surface area contributed by atoms with E-state index in [1.165, 1.54) is 6.20 Å². The zero-order valence-corrected chi connectivity index (χ0v) is 9.41. The molecule has 1 saturated carbocycles. The maximum Gasteiger partial charge on any atom is 0.410 e. The first-order valence-corrected chi connectivity index (χ1v) is 5.81. The standard InChI is InChI=1S/C11H11F3N4/c12-11(13,14)9-3-8(6-1-2-6)17-10-7(4-15)5-16-18(9)10/h5-6,8-9,17H,1-3H2. The SMILES string of the molecule is N#Cc1cnn2c1NC(C1CC1)CC2C(F)(F)F. The van der Waals surface area contributed by atoms with Gasteiger partial charge in [-0.2, -0.15) is 23.5 Å². The van der Waals surface area contributed by atoms with Crippen molar-refractivity contribution in [2.24, 2.45) is 5.92 Å². The van der Waals surface area contributed by atoms with Gasteiger partial charge in [-0.05, 0) is 25.2 Å². The Morgan fingerprint density at radius 1 is 1.44 bits per heavy atom. The van der Waals surface area contributed by atoms with Crippen LogP contribution in [0.2, 0.25) is 0 Å². The molecular weight excluding hydrogens is 245 g/mol. The lowest BCUT2D eigenvalue weighted by Crippen LogP contribution is -2.40. The third-order valence-corrected chi connectivity index (χ3v) is 3.58. The first-order valence-electron chi connectivity index (χ1n) is 5.81. The lowest BCUT2D eigenvalue weighted by atomic mass is 10.00. The molecule has 1 N–H and O–H groups in total. The van der Waals surface area contributed by atoms with Crippen LogP contribution in [0.3, 0.4) is 0 Å². The fraction of sp³-hybridized carbons (Fsp3) is 0.636. The predicted octanol–water partition coefficient (Wildman–Crippen LogP) is 2.45. The minimum absolute atomic E-state index is 0.00623. The van der Waals surface area contributed by atoms with Crippen LogP contribution in [-0.2, 0) is 0 Å². The number of hydrogen-bond acceptors (Lipinski definition) is 3. The number of nitrogens with one attached hydrogen (secondary N) is 1. The van der Waals surface area contributed by atoms with Gasteiger partial charge >= 0.3 is 6.18 Å². The number of fused-ring (bicyclic) bond motifs is 1. The van der Waals surface area contributed by atoms with Crippen LogP contribution in [0.15, 0.2) is 6.20 Å². The molecule has 1 aromatic heterocycles. The van der Waals surface area contributed by atoms with Crippen LogP contribution in [0, 0.1) is 17.2 Å². The van der Waals surface area contributed by atoms with Crippen molar-refractivity contribution in [3.05, 3.63) is 11.8 Å². The molecule has 1 aromatic rings. The van der Waals surface area contributed by atoms with Crippen LogP contribution >= 0.6 is 0 Å². The number of aromatic nitrogens is 2. The third-order valence-electron chi connectivity index (χ3n) is 3.58. The molecule has 0 amide bonds. The smallest absolute Gasteiger partial charge is 0.366 e. The summed E-state index contributed by atoms with van der Waals surface area (Å²) in [6.07, 6.45) is -1.23. The Labute approximate surface area is 101 Å². The molecule has 0 bridgehead atoms. The quantitative estimate of drug-likeness (QED) is 0.839. The molecule has 0 radical (unpaired) electrons. The number of nitrogens with zero attached hydrogens (tertiary/aromatic N) is 3. The normalized spacial score (nSPS) is 27.2. The molecule has 7 heteroatoms. The molecule has 0 saturated heterocycles. The topological polar surface area (TPSA) is 53.6 Å². The van der Waals surface area contributed by atoms with E-state index in [0.29, 0.717) is 5.92 Å². The number of alkyl halides is 3. The molecule has 4 nitrogen and oxygen atoms in total. The van der Waals surface area contributed by atoms with Gasteiger partial charge in [-0.25, -0.2) is 4.68 Å². The van der Waals surface area contributed by atoms with E-state index in [9.17, 15) is 13.2 Å². The van der Waals surface area contributed by atoms with Gasteiger partial charge in [0.15, 0.2) is 6.04 Å². The minimum Gasteiger partial charge on any atom is -0.366 e. The molecule has 1 aliphatic heterocycles. The number of rotatable bonds is 1. The van der Waals surface area contributed by atoms with Gasteiger partial charge in [-0.3, -0.25) is 0 Å². The van der Waals surface area contributed by atoms with E-state index in [2.05, 4.69) is 10.4 Å². The van der Waals surface area contributed by atoms with Crippen molar-refractivity contribution in [1.82, 2.24) is 9.78 Å². The van der Waals surface area contributed by atoms with E-state index in [1.54, 1.807) is 0 Å². The number of halogens is 3. The average molecular weight is 256 g/mol. The van der Waals surface area contributed by atoms with E-state index in [-0.39, 0.29) is 23.8 Å². The Kier molecular flexibility index (Phi) is 2.30. The van der Waals surface area contributed by atoms with Crippen LogP contribution in [0.4, 0.5) is 19.0 Å². The average Bonchev–Trinajstić information content (AvgIpc) is 3.07. The summed E-state index contributed by atoms with van der Waals surface area (Å²) in [6.45, 7) is 0. The molecule has 0 aromatic carbocycles. The summed E-state index contributed by atoms with van der Waals surface area (Å²) in [5.74, 6) is 0.507. The van der Waals surface area contributed by atoms with Crippen molar-refractivity contribution < 1.29 is 13.2 Å². The summed E-state index contributed by atoms with van der Waals surface area (Å²) in [7, 11) is 0. The second-order valence-corrected chi connectivity index (χ2v) is 4.84. The Morgan fingerprint density at radius 3 is 2.72 bits per heavy atom. The van der Waals surface area contributed by atoms with Gasteiger partial charge in [0.2, 0.25) is 0 Å². The van der Waals surface area contributed by atoms with E-state index >= 15 is 0 Å². The Balaban J connectivity index is 2.01. The van der Waals surface area contributed by atoms with Crippen LogP contribution in [0.25, 0.3) is 0 Å². The highest BCUT2D eigenvalue weighted by Gasteiger charge is 2.49. The molecule has 0 spiro atoms. The molecule has 2 heterocycles. The van der Waals surface area contributed by atoms with Crippen molar-refractivity contribution in [1.29, 1.82) is 5.26 Å². The second kappa shape index (κ2) is 3.64. The molecule has 2 aliphatic rings. The highest BCUT2D eigenvalue weighted by Crippen LogP contribution is 2.45. The number of anilines is 1. The minimum atomic E-state index is -4.33. The van der Waals surface area contributed by atoms with Gasteiger partial charge in [-0.15, -0.1) is 0 Å². The molecule has 3 rings (SSSR count). The van der Waals surface area contributed by atoms with Gasteiger partial charge in [0.05, 0.1) is 6.20 Å². The van der Waals surface area contributed by atoms with E-state index in [4.69, 9.17) is 5.26 Å². The Bertz CT molecular complexity index is 509. The fourth-order valence-corrected chi connectivity index (χ4v) is 2.48. The first kappa shape index (κ1) is 11.4. The van der Waals surface area contributed by atoms with Gasteiger partial charge in [0.25, 0.3) is 0 Å². The number of nitriles is 1. The maximum absolute atomic E-state index is 13.0. The molecule has 2 unspecified atom stereocenters. The van der Waals surface area contributed by atoms with Gasteiger partial charge in [0, 0.05) is 6.04 Å². The largest absolute Gasteiger partial charge is 0.410 e. The third kappa shape index (κ3) is 1.72. The Hall–Kier alpha value is -1.71. The van der Waals surface area contributed by atoms with Crippen molar-refractivity contribution >= 4 is 5.82 Å². The van der Waals surface area contributed by atoms with Crippen LogP contribution < -0.4 is 5.32 Å². The lowest BCUT2D eigenvalue weighted by Gasteiger charge is -2.33. The monoisotopic (exact) mass is 256 g/mol. The summed E-state index contributed by atoms with van der Waals surface area (Å²) >= 11 is 0. The van der Waals surface area contributed by atoms with Crippen molar-refractivity contribution in [3.8, 4) is 6.07 Å². The zero-order chi connectivity index (χ0) is 12.9. The lowest BCUT2D eigenvalue weighted by molar-refractivity contribution is -0.174. The zero-order valence-electron chi connectivity index (χ0n) is 9.41. The van der Waals surface area contributed by atoms with Gasteiger partial charge < -0.3 is 5.32 Å². The second-order valence-electron chi connectivity index (χ2n) is 4.84. The van der Waals surface area contributed by atoms with Crippen molar-refractivity contribution in [3.63, 3.8) is 0 Å². The van der Waals surface area contributed by atoms with E-state index < -0.39 is 12.2 Å². The van der Waals surface area contributed by atoms with Crippen LogP contribution in [-0.4, -0.2) is 22.0 Å². The summed E-state index contributed by atoms with van der Waals surface area (Å²) in [4.78, 5) is 0. The first-order chi connectivity index (χ1) is 8.50. The summed E-state index contributed by atoms with van der Waals surface area (Å²) in [5.41, 5.74) is 0.176. The highest BCUT2D eigenvalue weighted by molar-refractivity contribution is 5.53. The highest BCUT2D eigenvalue weighted by atomic mass is 19.4. The van der Waals surface area contributed by atoms with Gasteiger partial charge in [0.1, 0.15) is 17.5 Å². The van der Waals surface area contributed by atoms with E-state index in [0.717, 1.165) is 17.5 Å². The van der Waals surface area contributed by atoms with Crippen molar-refractivity contribution in [2.45, 2.75) is 37.5 Å². The molecule has 1 aliphatic carbocycles.